The maximum Gasteiger partial charge on any atom is 0.258 e. The quantitative estimate of drug-likeness (QED) is 0.484. The molecule has 3 aromatic carbocycles. The summed E-state index contributed by atoms with van der Waals surface area (Å²) in [6.45, 7) is 0.747. The monoisotopic (exact) mass is 339 g/mol. The van der Waals surface area contributed by atoms with Crippen LogP contribution in [0, 0.1) is 0 Å². The van der Waals surface area contributed by atoms with E-state index in [4.69, 9.17) is 0 Å². The molecule has 4 heteroatoms. The number of carbonyl (C=O) groups is 1. The standard InChI is InChI=1S/C22H17N3O/c26-22(25-13-5-7-15-6-1-4-10-21(15)25)16-11-12-19-20(14-16)24-18-9-3-2-8-17(18)23-19/h1-4,6,8-12,14H,5,7,13H2. The van der Waals surface area contributed by atoms with Gasteiger partial charge in [0.15, 0.2) is 0 Å². The van der Waals surface area contributed by atoms with Crippen molar-refractivity contribution in [2.45, 2.75) is 12.8 Å². The maximum absolute atomic E-state index is 13.1. The second-order valence-corrected chi connectivity index (χ2v) is 6.60. The third-order valence-electron chi connectivity index (χ3n) is 4.94. The Labute approximate surface area is 151 Å². The first-order chi connectivity index (χ1) is 12.8. The summed E-state index contributed by atoms with van der Waals surface area (Å²) in [5.41, 5.74) is 6.17. The predicted molar refractivity (Wildman–Crippen MR) is 103 cm³/mol. The summed E-state index contributed by atoms with van der Waals surface area (Å²) in [5, 5.41) is 0. The summed E-state index contributed by atoms with van der Waals surface area (Å²) in [7, 11) is 0. The minimum Gasteiger partial charge on any atom is -0.308 e. The number of fused-ring (bicyclic) bond motifs is 3. The first-order valence-electron chi connectivity index (χ1n) is 8.86. The van der Waals surface area contributed by atoms with E-state index < -0.39 is 0 Å². The Hall–Kier alpha value is -3.27. The van der Waals surface area contributed by atoms with Crippen molar-refractivity contribution in [3.8, 4) is 0 Å². The minimum atomic E-state index is 0.0222. The maximum atomic E-state index is 13.1. The fourth-order valence-electron chi connectivity index (χ4n) is 3.65. The number of aromatic nitrogens is 2. The molecule has 0 bridgehead atoms. The Morgan fingerprint density at radius 1 is 0.808 bits per heavy atom. The number of anilines is 1. The molecule has 0 radical (unpaired) electrons. The van der Waals surface area contributed by atoms with Crippen LogP contribution in [-0.2, 0) is 6.42 Å². The summed E-state index contributed by atoms with van der Waals surface area (Å²) in [4.78, 5) is 24.3. The van der Waals surface area contributed by atoms with Gasteiger partial charge in [0, 0.05) is 17.8 Å². The number of benzene rings is 3. The van der Waals surface area contributed by atoms with Crippen molar-refractivity contribution in [1.82, 2.24) is 9.97 Å². The van der Waals surface area contributed by atoms with E-state index in [1.165, 1.54) is 5.56 Å². The molecule has 0 saturated heterocycles. The van der Waals surface area contributed by atoms with Gasteiger partial charge in [0.05, 0.1) is 22.1 Å². The number of amides is 1. The first-order valence-corrected chi connectivity index (χ1v) is 8.86. The largest absolute Gasteiger partial charge is 0.308 e. The highest BCUT2D eigenvalue weighted by Crippen LogP contribution is 2.28. The normalized spacial score (nSPS) is 13.8. The second-order valence-electron chi connectivity index (χ2n) is 6.60. The van der Waals surface area contributed by atoms with Crippen LogP contribution in [0.5, 0.6) is 0 Å². The lowest BCUT2D eigenvalue weighted by Crippen LogP contribution is -2.35. The van der Waals surface area contributed by atoms with Crippen molar-refractivity contribution >= 4 is 33.7 Å². The molecule has 0 spiro atoms. The van der Waals surface area contributed by atoms with Crippen molar-refractivity contribution in [1.29, 1.82) is 0 Å². The lowest BCUT2D eigenvalue weighted by molar-refractivity contribution is 0.0985. The van der Waals surface area contributed by atoms with Crippen LogP contribution in [0.2, 0.25) is 0 Å². The molecule has 1 amide bonds. The van der Waals surface area contributed by atoms with Crippen LogP contribution in [-0.4, -0.2) is 22.4 Å². The molecular weight excluding hydrogens is 322 g/mol. The van der Waals surface area contributed by atoms with Crippen molar-refractivity contribution < 1.29 is 4.79 Å². The van der Waals surface area contributed by atoms with Gasteiger partial charge < -0.3 is 4.90 Å². The molecule has 0 N–H and O–H groups in total. The molecule has 1 aliphatic heterocycles. The van der Waals surface area contributed by atoms with Gasteiger partial charge in [0.25, 0.3) is 5.91 Å². The average molecular weight is 339 g/mol. The number of hydrogen-bond acceptors (Lipinski definition) is 3. The first kappa shape index (κ1) is 15.0. The number of aryl methyl sites for hydroxylation is 1. The van der Waals surface area contributed by atoms with E-state index in [2.05, 4.69) is 16.0 Å². The number of para-hydroxylation sites is 3. The summed E-state index contributed by atoms with van der Waals surface area (Å²) in [5.74, 6) is 0.0222. The van der Waals surface area contributed by atoms with E-state index in [0.29, 0.717) is 5.56 Å². The smallest absolute Gasteiger partial charge is 0.258 e. The van der Waals surface area contributed by atoms with Gasteiger partial charge in [-0.25, -0.2) is 9.97 Å². The number of carbonyl (C=O) groups excluding carboxylic acids is 1. The Morgan fingerprint density at radius 3 is 2.35 bits per heavy atom. The van der Waals surface area contributed by atoms with Gasteiger partial charge in [-0.2, -0.15) is 0 Å². The van der Waals surface area contributed by atoms with Gasteiger partial charge in [-0.15, -0.1) is 0 Å². The zero-order valence-corrected chi connectivity index (χ0v) is 14.2. The molecule has 5 rings (SSSR count). The fraction of sp³-hybridized carbons (Fsp3) is 0.136. The lowest BCUT2D eigenvalue weighted by atomic mass is 10.0. The highest BCUT2D eigenvalue weighted by atomic mass is 16.2. The van der Waals surface area contributed by atoms with Gasteiger partial charge in [0.1, 0.15) is 0 Å². The van der Waals surface area contributed by atoms with E-state index in [9.17, 15) is 4.79 Å². The molecule has 26 heavy (non-hydrogen) atoms. The van der Waals surface area contributed by atoms with E-state index in [1.807, 2.05) is 65.6 Å². The van der Waals surface area contributed by atoms with Crippen LogP contribution >= 0.6 is 0 Å². The molecule has 2 heterocycles. The van der Waals surface area contributed by atoms with Crippen LogP contribution in [0.15, 0.2) is 66.7 Å². The third-order valence-corrected chi connectivity index (χ3v) is 4.94. The number of nitrogens with zero attached hydrogens (tertiary/aromatic N) is 3. The van der Waals surface area contributed by atoms with Crippen LogP contribution in [0.3, 0.4) is 0 Å². The molecule has 4 aromatic rings. The van der Waals surface area contributed by atoms with Gasteiger partial charge in [-0.1, -0.05) is 30.3 Å². The number of rotatable bonds is 1. The molecular formula is C22H17N3O. The summed E-state index contributed by atoms with van der Waals surface area (Å²) >= 11 is 0. The van der Waals surface area contributed by atoms with Crippen molar-refractivity contribution in [2.75, 3.05) is 11.4 Å². The van der Waals surface area contributed by atoms with Gasteiger partial charge in [-0.3, -0.25) is 4.79 Å². The third kappa shape index (κ3) is 2.42. The summed E-state index contributed by atoms with van der Waals surface area (Å²) in [6.07, 6.45) is 2.01. The SMILES string of the molecule is O=C(c1ccc2nc3ccccc3nc2c1)N1CCCc2ccccc21. The fourth-order valence-corrected chi connectivity index (χ4v) is 3.65. The van der Waals surface area contributed by atoms with E-state index in [0.717, 1.165) is 47.1 Å². The Kier molecular flexibility index (Phi) is 3.42. The molecule has 126 valence electrons. The molecule has 0 fully saturated rings. The molecule has 4 nitrogen and oxygen atoms in total. The van der Waals surface area contributed by atoms with E-state index in [1.54, 1.807) is 0 Å². The molecule has 0 atom stereocenters. The topological polar surface area (TPSA) is 46.1 Å². The molecule has 1 aliphatic rings. The summed E-state index contributed by atoms with van der Waals surface area (Å²) < 4.78 is 0. The molecule has 0 saturated carbocycles. The van der Waals surface area contributed by atoms with Crippen LogP contribution in [0.4, 0.5) is 5.69 Å². The zero-order chi connectivity index (χ0) is 17.5. The van der Waals surface area contributed by atoms with Crippen LogP contribution < -0.4 is 4.90 Å². The molecule has 0 aliphatic carbocycles. The van der Waals surface area contributed by atoms with Crippen LogP contribution in [0.1, 0.15) is 22.3 Å². The Balaban J connectivity index is 1.58. The van der Waals surface area contributed by atoms with Crippen molar-refractivity contribution in [3.05, 3.63) is 77.9 Å². The van der Waals surface area contributed by atoms with Gasteiger partial charge >= 0.3 is 0 Å². The zero-order valence-electron chi connectivity index (χ0n) is 14.2. The predicted octanol–water partition coefficient (Wildman–Crippen LogP) is 4.38. The summed E-state index contributed by atoms with van der Waals surface area (Å²) in [6, 6.07) is 21.5. The second kappa shape index (κ2) is 5.92. The van der Waals surface area contributed by atoms with Gasteiger partial charge in [-0.05, 0) is 54.8 Å². The van der Waals surface area contributed by atoms with Gasteiger partial charge in [0.2, 0.25) is 0 Å². The van der Waals surface area contributed by atoms with Crippen molar-refractivity contribution in [3.63, 3.8) is 0 Å². The molecule has 1 aromatic heterocycles. The number of hydrogen-bond donors (Lipinski definition) is 0. The lowest BCUT2D eigenvalue weighted by Gasteiger charge is -2.29. The Morgan fingerprint density at radius 2 is 1.50 bits per heavy atom. The van der Waals surface area contributed by atoms with Crippen LogP contribution in [0.25, 0.3) is 22.1 Å². The minimum absolute atomic E-state index is 0.0222. The van der Waals surface area contributed by atoms with Crippen molar-refractivity contribution in [2.24, 2.45) is 0 Å². The highest BCUT2D eigenvalue weighted by Gasteiger charge is 2.23. The molecule has 0 unspecified atom stereocenters. The van der Waals surface area contributed by atoms with E-state index in [-0.39, 0.29) is 5.91 Å². The Bertz CT molecular complexity index is 1150. The highest BCUT2D eigenvalue weighted by molar-refractivity contribution is 6.08. The average Bonchev–Trinajstić information content (AvgIpc) is 2.71. The van der Waals surface area contributed by atoms with E-state index >= 15 is 0 Å².